The van der Waals surface area contributed by atoms with Gasteiger partial charge in [-0.1, -0.05) is 18.6 Å². The first-order valence-corrected chi connectivity index (χ1v) is 8.93. The molecule has 2 aromatic rings. The van der Waals surface area contributed by atoms with Crippen molar-refractivity contribution in [3.05, 3.63) is 59.7 Å². The monoisotopic (exact) mass is 334 g/mol. The number of carbonyl (C=O) groups excluding carboxylic acids is 2. The number of carbonyl (C=O) groups is 2. The average molecular weight is 334 g/mol. The highest BCUT2D eigenvalue weighted by molar-refractivity contribution is 6.13. The molecule has 1 heterocycles. The first-order chi connectivity index (χ1) is 12.1. The van der Waals surface area contributed by atoms with Crippen LogP contribution in [0.5, 0.6) is 0 Å². The fraction of sp³-hybridized carbons (Fsp3) is 0.333. The van der Waals surface area contributed by atoms with Gasteiger partial charge < -0.3 is 5.32 Å². The number of fused-ring (bicyclic) bond motifs is 1. The molecule has 1 aliphatic heterocycles. The SMILES string of the molecule is CC(=O)c1ccc(N2C(=O)c3ccccc3NC23CCCCC3)cc1. The van der Waals surface area contributed by atoms with Crippen molar-refractivity contribution in [1.29, 1.82) is 0 Å². The Balaban J connectivity index is 1.81. The van der Waals surface area contributed by atoms with Crippen LogP contribution in [0.3, 0.4) is 0 Å². The van der Waals surface area contributed by atoms with E-state index in [0.29, 0.717) is 11.1 Å². The molecule has 0 unspecified atom stereocenters. The number of nitrogens with zero attached hydrogens (tertiary/aromatic N) is 1. The Kier molecular flexibility index (Phi) is 3.83. The second-order valence-electron chi connectivity index (χ2n) is 7.01. The second-order valence-corrected chi connectivity index (χ2v) is 7.01. The zero-order valence-corrected chi connectivity index (χ0v) is 14.4. The van der Waals surface area contributed by atoms with Crippen molar-refractivity contribution in [3.63, 3.8) is 0 Å². The number of hydrogen-bond donors (Lipinski definition) is 1. The van der Waals surface area contributed by atoms with Gasteiger partial charge in [-0.3, -0.25) is 14.5 Å². The number of nitrogens with one attached hydrogen (secondary N) is 1. The van der Waals surface area contributed by atoms with Crippen molar-refractivity contribution in [2.75, 3.05) is 10.2 Å². The second kappa shape index (κ2) is 6.03. The van der Waals surface area contributed by atoms with Gasteiger partial charge in [-0.25, -0.2) is 0 Å². The predicted molar refractivity (Wildman–Crippen MR) is 99.1 cm³/mol. The van der Waals surface area contributed by atoms with Gasteiger partial charge in [-0.2, -0.15) is 0 Å². The van der Waals surface area contributed by atoms with Crippen LogP contribution in [0.4, 0.5) is 11.4 Å². The van der Waals surface area contributed by atoms with E-state index in [4.69, 9.17) is 0 Å². The van der Waals surface area contributed by atoms with Crippen LogP contribution in [0.15, 0.2) is 48.5 Å². The lowest BCUT2D eigenvalue weighted by atomic mass is 9.84. The summed E-state index contributed by atoms with van der Waals surface area (Å²) in [5.41, 5.74) is 2.76. The topological polar surface area (TPSA) is 49.4 Å². The molecule has 128 valence electrons. The highest BCUT2D eigenvalue weighted by Crippen LogP contribution is 2.42. The largest absolute Gasteiger partial charge is 0.362 e. The van der Waals surface area contributed by atoms with E-state index in [-0.39, 0.29) is 17.4 Å². The maximum atomic E-state index is 13.3. The number of ketones is 1. The van der Waals surface area contributed by atoms with Crippen molar-refractivity contribution in [1.82, 2.24) is 0 Å². The van der Waals surface area contributed by atoms with Crippen molar-refractivity contribution in [2.24, 2.45) is 0 Å². The van der Waals surface area contributed by atoms with E-state index in [9.17, 15) is 9.59 Å². The van der Waals surface area contributed by atoms with E-state index in [1.807, 2.05) is 53.4 Å². The van der Waals surface area contributed by atoms with Gasteiger partial charge >= 0.3 is 0 Å². The highest BCUT2D eigenvalue weighted by Gasteiger charge is 2.45. The van der Waals surface area contributed by atoms with Crippen molar-refractivity contribution in [2.45, 2.75) is 44.7 Å². The van der Waals surface area contributed by atoms with E-state index in [0.717, 1.165) is 37.1 Å². The lowest BCUT2D eigenvalue weighted by molar-refractivity contribution is 0.0938. The summed E-state index contributed by atoms with van der Waals surface area (Å²) in [7, 11) is 0. The average Bonchev–Trinajstić information content (AvgIpc) is 2.63. The first-order valence-electron chi connectivity index (χ1n) is 8.93. The number of para-hydroxylation sites is 1. The van der Waals surface area contributed by atoms with E-state index >= 15 is 0 Å². The quantitative estimate of drug-likeness (QED) is 0.815. The minimum absolute atomic E-state index is 0.0341. The van der Waals surface area contributed by atoms with Crippen LogP contribution in [0.2, 0.25) is 0 Å². The Labute approximate surface area is 147 Å². The summed E-state index contributed by atoms with van der Waals surface area (Å²) in [5, 5.41) is 3.67. The standard InChI is InChI=1S/C21H22N2O2/c1-15(24)16-9-11-17(12-10-16)23-20(25)18-7-3-4-8-19(18)22-21(23)13-5-2-6-14-21/h3-4,7-12,22H,2,5-6,13-14H2,1H3. The minimum atomic E-state index is -0.374. The molecule has 2 aromatic carbocycles. The van der Waals surface area contributed by atoms with Crippen LogP contribution in [-0.4, -0.2) is 17.4 Å². The molecule has 1 N–H and O–H groups in total. The van der Waals surface area contributed by atoms with Gasteiger partial charge in [0.15, 0.2) is 5.78 Å². The van der Waals surface area contributed by atoms with Crippen LogP contribution in [0.25, 0.3) is 0 Å². The summed E-state index contributed by atoms with van der Waals surface area (Å²) in [6.07, 6.45) is 5.27. The third-order valence-electron chi connectivity index (χ3n) is 5.37. The van der Waals surface area contributed by atoms with Crippen molar-refractivity contribution in [3.8, 4) is 0 Å². The Morgan fingerprint density at radius 2 is 1.68 bits per heavy atom. The maximum absolute atomic E-state index is 13.3. The Hall–Kier alpha value is -2.62. The number of hydrogen-bond acceptors (Lipinski definition) is 3. The molecule has 4 heteroatoms. The summed E-state index contributed by atoms with van der Waals surface area (Å²) >= 11 is 0. The molecule has 1 saturated carbocycles. The molecule has 1 fully saturated rings. The molecule has 0 atom stereocenters. The zero-order valence-electron chi connectivity index (χ0n) is 14.4. The number of Topliss-reactive ketones (excluding diaryl/α,β-unsaturated/α-hetero) is 1. The summed E-state index contributed by atoms with van der Waals surface area (Å²) in [4.78, 5) is 26.8. The molecule has 4 rings (SSSR count). The van der Waals surface area contributed by atoms with Gasteiger partial charge in [-0.15, -0.1) is 0 Å². The van der Waals surface area contributed by atoms with Crippen LogP contribution < -0.4 is 10.2 Å². The van der Waals surface area contributed by atoms with Crippen LogP contribution in [0.1, 0.15) is 59.7 Å². The van der Waals surface area contributed by atoms with Crippen LogP contribution >= 0.6 is 0 Å². The summed E-state index contributed by atoms with van der Waals surface area (Å²) in [6, 6.07) is 15.1. The molecule has 1 amide bonds. The fourth-order valence-electron chi connectivity index (χ4n) is 4.09. The molecule has 25 heavy (non-hydrogen) atoms. The van der Waals surface area contributed by atoms with E-state index < -0.39 is 0 Å². The first kappa shape index (κ1) is 15.9. The molecule has 0 aromatic heterocycles. The molecule has 2 aliphatic rings. The number of rotatable bonds is 2. The van der Waals surface area contributed by atoms with E-state index in [2.05, 4.69) is 5.32 Å². The van der Waals surface area contributed by atoms with Gasteiger partial charge in [0.05, 0.1) is 5.56 Å². The Morgan fingerprint density at radius 1 is 1.00 bits per heavy atom. The van der Waals surface area contributed by atoms with E-state index in [1.54, 1.807) is 6.92 Å². The Bertz CT molecular complexity index is 820. The minimum Gasteiger partial charge on any atom is -0.362 e. The maximum Gasteiger partial charge on any atom is 0.262 e. The van der Waals surface area contributed by atoms with Crippen LogP contribution in [-0.2, 0) is 0 Å². The lowest BCUT2D eigenvalue weighted by Gasteiger charge is -2.50. The zero-order chi connectivity index (χ0) is 17.4. The lowest BCUT2D eigenvalue weighted by Crippen LogP contribution is -2.61. The van der Waals surface area contributed by atoms with Gasteiger partial charge in [0.1, 0.15) is 5.66 Å². The number of amides is 1. The summed E-state index contributed by atoms with van der Waals surface area (Å²) < 4.78 is 0. The van der Waals surface area contributed by atoms with Gasteiger partial charge in [0.2, 0.25) is 0 Å². The fourth-order valence-corrected chi connectivity index (χ4v) is 4.09. The molecule has 1 aliphatic carbocycles. The molecule has 0 bridgehead atoms. The predicted octanol–water partition coefficient (Wildman–Crippen LogP) is 4.62. The van der Waals surface area contributed by atoms with Crippen molar-refractivity contribution < 1.29 is 9.59 Å². The molecular formula is C21H22N2O2. The van der Waals surface area contributed by atoms with Crippen LogP contribution in [0, 0.1) is 0 Å². The summed E-state index contributed by atoms with van der Waals surface area (Å²) in [6.45, 7) is 1.56. The van der Waals surface area contributed by atoms with Crippen molar-refractivity contribution >= 4 is 23.1 Å². The molecular weight excluding hydrogens is 312 g/mol. The Morgan fingerprint density at radius 3 is 2.36 bits per heavy atom. The van der Waals surface area contributed by atoms with Gasteiger partial charge in [-0.05, 0) is 69.0 Å². The highest BCUT2D eigenvalue weighted by atomic mass is 16.2. The smallest absolute Gasteiger partial charge is 0.262 e. The third-order valence-corrected chi connectivity index (χ3v) is 5.37. The normalized spacial score (nSPS) is 18.6. The number of benzene rings is 2. The van der Waals surface area contributed by atoms with Gasteiger partial charge in [0.25, 0.3) is 5.91 Å². The molecule has 4 nitrogen and oxygen atoms in total. The number of anilines is 2. The van der Waals surface area contributed by atoms with E-state index in [1.165, 1.54) is 6.42 Å². The molecule has 1 spiro atoms. The third kappa shape index (κ3) is 2.62. The molecule has 0 saturated heterocycles. The summed E-state index contributed by atoms with van der Waals surface area (Å²) in [5.74, 6) is 0.0687. The van der Waals surface area contributed by atoms with Gasteiger partial charge in [0, 0.05) is 16.9 Å². The molecule has 0 radical (unpaired) electrons.